The summed E-state index contributed by atoms with van der Waals surface area (Å²) in [6, 6.07) is 0. The van der Waals surface area contributed by atoms with Gasteiger partial charge in [0, 0.05) is 32.2 Å². The van der Waals surface area contributed by atoms with Crippen LogP contribution in [0.15, 0.2) is 23.3 Å². The molecule has 0 bridgehead atoms. The Kier molecular flexibility index (Phi) is 2.79. The number of carbonyl (C=O) groups excluding carboxylic acids is 1. The highest BCUT2D eigenvalue weighted by molar-refractivity contribution is 5.85. The third-order valence-electron chi connectivity index (χ3n) is 5.59. The van der Waals surface area contributed by atoms with Gasteiger partial charge in [-0.25, -0.2) is 4.79 Å². The first-order valence-electron chi connectivity index (χ1n) is 7.60. The number of methoxy groups -OCH3 is 1. The van der Waals surface area contributed by atoms with Crippen molar-refractivity contribution in [3.05, 3.63) is 23.3 Å². The van der Waals surface area contributed by atoms with Crippen molar-refractivity contribution in [1.82, 2.24) is 4.90 Å². The van der Waals surface area contributed by atoms with Crippen molar-refractivity contribution in [2.24, 2.45) is 5.92 Å². The van der Waals surface area contributed by atoms with E-state index in [1.165, 1.54) is 11.1 Å². The van der Waals surface area contributed by atoms with Crippen molar-refractivity contribution in [2.75, 3.05) is 26.8 Å². The van der Waals surface area contributed by atoms with Gasteiger partial charge in [0.1, 0.15) is 0 Å². The van der Waals surface area contributed by atoms with Gasteiger partial charge in [0.15, 0.2) is 0 Å². The lowest BCUT2D eigenvalue weighted by atomic mass is 9.65. The highest BCUT2D eigenvalue weighted by Crippen LogP contribution is 2.52. The molecule has 4 nitrogen and oxygen atoms in total. The molecule has 0 radical (unpaired) electrons. The van der Waals surface area contributed by atoms with Crippen LogP contribution in [0, 0.1) is 5.92 Å². The van der Waals surface area contributed by atoms with Gasteiger partial charge in [-0.3, -0.25) is 4.90 Å². The first-order valence-corrected chi connectivity index (χ1v) is 7.60. The first-order chi connectivity index (χ1) is 9.74. The Bertz CT molecular complexity index is 510. The predicted octanol–water partition coefficient (Wildman–Crippen LogP) is 1.67. The number of ether oxygens (including phenoxy) is 2. The van der Waals surface area contributed by atoms with E-state index in [1.807, 2.05) is 0 Å². The Morgan fingerprint density at radius 2 is 2.35 bits per heavy atom. The number of fused-ring (bicyclic) bond motifs is 1. The minimum atomic E-state index is -0.168. The molecule has 20 heavy (non-hydrogen) atoms. The number of rotatable bonds is 1. The fourth-order valence-electron chi connectivity index (χ4n) is 4.60. The standard InChI is InChI=1S/C16H21NO3/c1-19-13-3-2-12-5-7-17-6-4-11-10-20-15(18)8-14(11)16(12,17)9-13/h5,8,11,13H,2-4,6-7,9-10H2,1H3/t11-,13+,16+/m1/s1. The monoisotopic (exact) mass is 275 g/mol. The summed E-state index contributed by atoms with van der Waals surface area (Å²) in [5.74, 6) is 0.235. The van der Waals surface area contributed by atoms with E-state index in [-0.39, 0.29) is 11.5 Å². The van der Waals surface area contributed by atoms with Gasteiger partial charge in [0.2, 0.25) is 0 Å². The van der Waals surface area contributed by atoms with Crippen molar-refractivity contribution >= 4 is 5.97 Å². The molecule has 3 aliphatic heterocycles. The Hall–Kier alpha value is -1.13. The lowest BCUT2D eigenvalue weighted by Gasteiger charge is -2.53. The van der Waals surface area contributed by atoms with Crippen LogP contribution in [-0.2, 0) is 14.3 Å². The number of nitrogens with zero attached hydrogens (tertiary/aromatic N) is 1. The summed E-state index contributed by atoms with van der Waals surface area (Å²) >= 11 is 0. The van der Waals surface area contributed by atoms with Gasteiger partial charge in [-0.15, -0.1) is 0 Å². The number of piperidine rings is 1. The summed E-state index contributed by atoms with van der Waals surface area (Å²) in [7, 11) is 1.80. The van der Waals surface area contributed by atoms with Crippen molar-refractivity contribution in [2.45, 2.75) is 37.3 Å². The molecule has 1 aliphatic carbocycles. The van der Waals surface area contributed by atoms with Crippen LogP contribution in [0.4, 0.5) is 0 Å². The zero-order valence-corrected chi connectivity index (χ0v) is 11.9. The maximum atomic E-state index is 11.8. The quantitative estimate of drug-likeness (QED) is 0.539. The third kappa shape index (κ3) is 1.58. The van der Waals surface area contributed by atoms with E-state index in [0.717, 1.165) is 38.8 Å². The molecule has 4 rings (SSSR count). The van der Waals surface area contributed by atoms with Gasteiger partial charge < -0.3 is 9.47 Å². The van der Waals surface area contributed by atoms with Gasteiger partial charge in [-0.1, -0.05) is 6.08 Å². The summed E-state index contributed by atoms with van der Waals surface area (Å²) < 4.78 is 10.9. The average molecular weight is 275 g/mol. The van der Waals surface area contributed by atoms with Crippen molar-refractivity contribution in [1.29, 1.82) is 0 Å². The van der Waals surface area contributed by atoms with E-state index in [9.17, 15) is 4.79 Å². The zero-order valence-electron chi connectivity index (χ0n) is 11.9. The lowest BCUT2D eigenvalue weighted by Crippen LogP contribution is -2.58. The summed E-state index contributed by atoms with van der Waals surface area (Å²) in [6.07, 6.45) is 8.73. The molecule has 0 unspecified atom stereocenters. The normalized spacial score (nSPS) is 40.1. The second-order valence-electron chi connectivity index (χ2n) is 6.35. The Balaban J connectivity index is 1.81. The van der Waals surface area contributed by atoms with Crippen LogP contribution in [-0.4, -0.2) is 49.3 Å². The van der Waals surface area contributed by atoms with Gasteiger partial charge >= 0.3 is 5.97 Å². The van der Waals surface area contributed by atoms with Crippen LogP contribution in [0.5, 0.6) is 0 Å². The van der Waals surface area contributed by atoms with E-state index in [4.69, 9.17) is 9.47 Å². The number of carbonyl (C=O) groups is 1. The molecular formula is C16H21NO3. The second kappa shape index (κ2) is 4.43. The van der Waals surface area contributed by atoms with Crippen LogP contribution in [0.2, 0.25) is 0 Å². The molecule has 108 valence electrons. The fraction of sp³-hybridized carbons (Fsp3) is 0.688. The Morgan fingerprint density at radius 1 is 1.45 bits per heavy atom. The number of cyclic esters (lactones) is 1. The topological polar surface area (TPSA) is 38.8 Å². The molecule has 0 aromatic rings. The number of hydrogen-bond donors (Lipinski definition) is 0. The highest BCUT2D eigenvalue weighted by atomic mass is 16.5. The van der Waals surface area contributed by atoms with Crippen LogP contribution < -0.4 is 0 Å². The van der Waals surface area contributed by atoms with Gasteiger partial charge in [-0.05, 0) is 36.8 Å². The largest absolute Gasteiger partial charge is 0.462 e. The van der Waals surface area contributed by atoms with E-state index in [2.05, 4.69) is 11.0 Å². The van der Waals surface area contributed by atoms with Crippen molar-refractivity contribution in [3.8, 4) is 0 Å². The van der Waals surface area contributed by atoms with Gasteiger partial charge in [0.25, 0.3) is 0 Å². The maximum Gasteiger partial charge on any atom is 0.330 e. The summed E-state index contributed by atoms with van der Waals surface area (Å²) in [6.45, 7) is 2.67. The van der Waals surface area contributed by atoms with Gasteiger partial charge in [0.05, 0.1) is 18.2 Å². The Morgan fingerprint density at radius 3 is 3.20 bits per heavy atom. The lowest BCUT2D eigenvalue weighted by molar-refractivity contribution is -0.141. The molecule has 3 atom stereocenters. The van der Waals surface area contributed by atoms with Crippen molar-refractivity contribution in [3.63, 3.8) is 0 Å². The fourth-order valence-corrected chi connectivity index (χ4v) is 4.60. The smallest absolute Gasteiger partial charge is 0.330 e. The summed E-state index contributed by atoms with van der Waals surface area (Å²) in [4.78, 5) is 14.3. The highest BCUT2D eigenvalue weighted by Gasteiger charge is 2.54. The van der Waals surface area contributed by atoms with E-state index >= 15 is 0 Å². The minimum Gasteiger partial charge on any atom is -0.462 e. The Labute approximate surface area is 119 Å². The molecule has 3 heterocycles. The predicted molar refractivity (Wildman–Crippen MR) is 74.2 cm³/mol. The second-order valence-corrected chi connectivity index (χ2v) is 6.35. The summed E-state index contributed by atoms with van der Waals surface area (Å²) in [5, 5.41) is 0. The maximum absolute atomic E-state index is 11.8. The molecular weight excluding hydrogens is 254 g/mol. The van der Waals surface area contributed by atoms with Crippen molar-refractivity contribution < 1.29 is 14.3 Å². The third-order valence-corrected chi connectivity index (χ3v) is 5.59. The molecule has 4 aliphatic rings. The molecule has 1 spiro atoms. The van der Waals surface area contributed by atoms with Crippen LogP contribution in [0.25, 0.3) is 0 Å². The SMILES string of the molecule is CO[C@H]1CCC2=CCN3CC[C@@H]4COC(=O)C=C4[C@]23C1. The summed E-state index contributed by atoms with van der Waals surface area (Å²) in [5.41, 5.74) is 2.77. The van der Waals surface area contributed by atoms with Crippen LogP contribution in [0.3, 0.4) is 0 Å². The van der Waals surface area contributed by atoms with Gasteiger partial charge in [-0.2, -0.15) is 0 Å². The molecule has 0 aromatic heterocycles. The molecule has 4 heteroatoms. The number of hydrogen-bond acceptors (Lipinski definition) is 4. The molecule has 1 saturated heterocycles. The van der Waals surface area contributed by atoms with E-state index in [1.54, 1.807) is 13.2 Å². The van der Waals surface area contributed by atoms with Crippen LogP contribution >= 0.6 is 0 Å². The van der Waals surface area contributed by atoms with E-state index in [0.29, 0.717) is 18.6 Å². The molecule has 2 fully saturated rings. The zero-order chi connectivity index (χ0) is 13.7. The molecule has 0 N–H and O–H groups in total. The number of esters is 1. The molecule has 1 saturated carbocycles. The van der Waals surface area contributed by atoms with Crippen LogP contribution in [0.1, 0.15) is 25.7 Å². The average Bonchev–Trinajstić information content (AvgIpc) is 2.86. The van der Waals surface area contributed by atoms with E-state index < -0.39 is 0 Å². The molecule has 0 aromatic carbocycles. The minimum absolute atomic E-state index is 0.0404. The first kappa shape index (κ1) is 12.6. The molecule has 0 amide bonds.